The van der Waals surface area contributed by atoms with Crippen LogP contribution in [0.2, 0.25) is 0 Å². The summed E-state index contributed by atoms with van der Waals surface area (Å²) in [7, 11) is 0. The highest BCUT2D eigenvalue weighted by Gasteiger charge is 2.21. The molecule has 35 heavy (non-hydrogen) atoms. The number of hydrogen-bond acceptors (Lipinski definition) is 1. The summed E-state index contributed by atoms with van der Waals surface area (Å²) < 4.78 is 0. The molecule has 3 aliphatic carbocycles. The fraction of sp³-hybridized carbons (Fsp3) is 0.294. The average molecular weight is 464 g/mol. The number of allylic oxidation sites excluding steroid dienone is 16. The minimum Gasteiger partial charge on any atom is -0.384 e. The van der Waals surface area contributed by atoms with Crippen LogP contribution in [0.3, 0.4) is 0 Å². The first-order chi connectivity index (χ1) is 17.2. The number of benzene rings is 1. The summed E-state index contributed by atoms with van der Waals surface area (Å²) in [5, 5.41) is 3.61. The summed E-state index contributed by atoms with van der Waals surface area (Å²) in [5.74, 6) is 0. The van der Waals surface area contributed by atoms with Crippen molar-refractivity contribution in [2.75, 3.05) is 6.54 Å². The molecule has 0 saturated heterocycles. The molecule has 0 aliphatic heterocycles. The van der Waals surface area contributed by atoms with Gasteiger partial charge in [-0.3, -0.25) is 0 Å². The van der Waals surface area contributed by atoms with Crippen LogP contribution < -0.4 is 5.32 Å². The lowest BCUT2D eigenvalue weighted by atomic mass is 9.92. The molecule has 3 aliphatic rings. The van der Waals surface area contributed by atoms with Crippen molar-refractivity contribution in [3.63, 3.8) is 0 Å². The van der Waals surface area contributed by atoms with Crippen molar-refractivity contribution in [2.24, 2.45) is 0 Å². The van der Waals surface area contributed by atoms with E-state index in [-0.39, 0.29) is 0 Å². The molecular weight excluding hydrogens is 422 g/mol. The van der Waals surface area contributed by atoms with Gasteiger partial charge in [0.05, 0.1) is 0 Å². The standard InChI is InChI=1S/C32H35N.C2H6/c1-4-6-7-12-20-33-32-17-11-10-15-29(32)24(3)21-25(13-5-2)26-18-19-28-22-27-14-8-9-16-30(27)31(28)23-26;1-2/h4-7,9-10,12-13,15-16,18-19,21,23,33H,3,8,11,14,17,20,22H2,1-2H3;1-2H3/b6-4-,12-7-,13-5-,25-21+;. The maximum Gasteiger partial charge on any atom is 0.0331 e. The fourth-order valence-electron chi connectivity index (χ4n) is 4.83. The Hall–Kier alpha value is -3.32. The van der Waals surface area contributed by atoms with E-state index in [2.05, 4.69) is 97.8 Å². The summed E-state index contributed by atoms with van der Waals surface area (Å²) in [5.41, 5.74) is 11.9. The van der Waals surface area contributed by atoms with Gasteiger partial charge in [-0.05, 0) is 97.1 Å². The first-order valence-corrected chi connectivity index (χ1v) is 13.2. The molecule has 0 bridgehead atoms. The Kier molecular flexibility index (Phi) is 10.2. The van der Waals surface area contributed by atoms with Crippen molar-refractivity contribution in [2.45, 2.75) is 59.8 Å². The molecule has 1 N–H and O–H groups in total. The third kappa shape index (κ3) is 6.63. The highest BCUT2D eigenvalue weighted by atomic mass is 14.9. The molecule has 1 nitrogen and oxygen atoms in total. The molecule has 1 aromatic carbocycles. The monoisotopic (exact) mass is 463 g/mol. The number of rotatable bonds is 8. The zero-order chi connectivity index (χ0) is 25.0. The third-order valence-electron chi connectivity index (χ3n) is 6.48. The van der Waals surface area contributed by atoms with E-state index in [4.69, 9.17) is 0 Å². The zero-order valence-corrected chi connectivity index (χ0v) is 22.0. The van der Waals surface area contributed by atoms with Gasteiger partial charge in [-0.2, -0.15) is 0 Å². The molecule has 0 amide bonds. The van der Waals surface area contributed by atoms with Gasteiger partial charge >= 0.3 is 0 Å². The van der Waals surface area contributed by atoms with Gasteiger partial charge in [-0.25, -0.2) is 0 Å². The van der Waals surface area contributed by atoms with Crippen LogP contribution in [-0.4, -0.2) is 6.54 Å². The number of fused-ring (bicyclic) bond motifs is 2. The van der Waals surface area contributed by atoms with Crippen molar-refractivity contribution >= 4 is 11.1 Å². The molecule has 182 valence electrons. The zero-order valence-electron chi connectivity index (χ0n) is 22.0. The molecule has 0 aromatic heterocycles. The van der Waals surface area contributed by atoms with Gasteiger partial charge in [-0.1, -0.05) is 98.9 Å². The van der Waals surface area contributed by atoms with Crippen molar-refractivity contribution in [3.8, 4) is 0 Å². The molecule has 0 unspecified atom stereocenters. The van der Waals surface area contributed by atoms with Crippen LogP contribution in [0.4, 0.5) is 0 Å². The van der Waals surface area contributed by atoms with E-state index in [1.165, 1.54) is 51.9 Å². The van der Waals surface area contributed by atoms with Gasteiger partial charge < -0.3 is 5.32 Å². The molecule has 1 aromatic rings. The van der Waals surface area contributed by atoms with Crippen molar-refractivity contribution in [1.82, 2.24) is 5.32 Å². The van der Waals surface area contributed by atoms with E-state index in [1.807, 2.05) is 26.8 Å². The number of hydrogen-bond donors (Lipinski definition) is 1. The highest BCUT2D eigenvalue weighted by Crippen LogP contribution is 2.40. The minimum atomic E-state index is 0.825. The maximum absolute atomic E-state index is 4.46. The van der Waals surface area contributed by atoms with Gasteiger partial charge in [0.15, 0.2) is 0 Å². The average Bonchev–Trinajstić information content (AvgIpc) is 3.27. The lowest BCUT2D eigenvalue weighted by molar-refractivity contribution is 0.790. The molecule has 0 saturated carbocycles. The van der Waals surface area contributed by atoms with Crippen LogP contribution in [0.1, 0.15) is 70.1 Å². The van der Waals surface area contributed by atoms with E-state index in [9.17, 15) is 0 Å². The molecule has 0 radical (unpaired) electrons. The van der Waals surface area contributed by atoms with Crippen LogP contribution in [0.15, 0.2) is 114 Å². The third-order valence-corrected chi connectivity index (χ3v) is 6.48. The molecule has 1 heteroatoms. The predicted octanol–water partition coefficient (Wildman–Crippen LogP) is 9.21. The molecule has 0 fully saturated rings. The molecular formula is C34H41N. The van der Waals surface area contributed by atoms with Gasteiger partial charge in [0, 0.05) is 12.2 Å². The highest BCUT2D eigenvalue weighted by molar-refractivity contribution is 5.87. The summed E-state index contributed by atoms with van der Waals surface area (Å²) in [6.45, 7) is 13.4. The van der Waals surface area contributed by atoms with E-state index in [0.29, 0.717) is 0 Å². The maximum atomic E-state index is 4.46. The normalized spacial score (nSPS) is 17.3. The van der Waals surface area contributed by atoms with E-state index in [1.54, 1.807) is 5.57 Å². The Balaban J connectivity index is 0.00000167. The van der Waals surface area contributed by atoms with Crippen LogP contribution in [0.25, 0.3) is 11.1 Å². The minimum absolute atomic E-state index is 0.825. The second kappa shape index (κ2) is 13.5. The lowest BCUT2D eigenvalue weighted by Crippen LogP contribution is -2.17. The number of nitrogens with one attached hydrogen (secondary N) is 1. The Labute approximate surface area is 213 Å². The van der Waals surface area contributed by atoms with Crippen LogP contribution >= 0.6 is 0 Å². The van der Waals surface area contributed by atoms with Crippen LogP contribution in [0, 0.1) is 0 Å². The molecule has 0 heterocycles. The molecule has 0 atom stereocenters. The summed E-state index contributed by atoms with van der Waals surface area (Å²) in [4.78, 5) is 0. The van der Waals surface area contributed by atoms with Crippen molar-refractivity contribution in [1.29, 1.82) is 0 Å². The van der Waals surface area contributed by atoms with E-state index >= 15 is 0 Å². The van der Waals surface area contributed by atoms with Gasteiger partial charge in [0.1, 0.15) is 0 Å². The van der Waals surface area contributed by atoms with Gasteiger partial charge in [-0.15, -0.1) is 0 Å². The first-order valence-electron chi connectivity index (χ1n) is 13.2. The van der Waals surface area contributed by atoms with E-state index < -0.39 is 0 Å². The first kappa shape index (κ1) is 26.3. The summed E-state index contributed by atoms with van der Waals surface area (Å²) in [6, 6.07) is 6.97. The largest absolute Gasteiger partial charge is 0.384 e. The Morgan fingerprint density at radius 3 is 2.60 bits per heavy atom. The Bertz CT molecular complexity index is 1150. The summed E-state index contributed by atoms with van der Waals surface area (Å²) >= 11 is 0. The van der Waals surface area contributed by atoms with Crippen LogP contribution in [0.5, 0.6) is 0 Å². The molecule has 0 spiro atoms. The topological polar surface area (TPSA) is 12.0 Å². The fourth-order valence-corrected chi connectivity index (χ4v) is 4.83. The van der Waals surface area contributed by atoms with Crippen molar-refractivity contribution < 1.29 is 0 Å². The lowest BCUT2D eigenvalue weighted by Gasteiger charge is -2.18. The van der Waals surface area contributed by atoms with E-state index in [0.717, 1.165) is 31.4 Å². The smallest absolute Gasteiger partial charge is 0.0331 e. The quantitative estimate of drug-likeness (QED) is 0.379. The Morgan fingerprint density at radius 1 is 1.00 bits per heavy atom. The van der Waals surface area contributed by atoms with Gasteiger partial charge in [0.25, 0.3) is 0 Å². The SMILES string of the molecule is C=C(/C=C(\C=C/C)c1ccc2c(c1)C1=C(CCC=C1)C2)C1=C(NC/C=C\C=C/C)CCC=C1.CC. The molecule has 4 rings (SSSR count). The Morgan fingerprint density at radius 2 is 1.80 bits per heavy atom. The second-order valence-electron chi connectivity index (χ2n) is 8.80. The van der Waals surface area contributed by atoms with Gasteiger partial charge in [0.2, 0.25) is 0 Å². The predicted molar refractivity (Wildman–Crippen MR) is 156 cm³/mol. The second-order valence-corrected chi connectivity index (χ2v) is 8.80. The van der Waals surface area contributed by atoms with Crippen LogP contribution in [-0.2, 0) is 6.42 Å². The summed E-state index contributed by atoms with van der Waals surface area (Å²) in [6.07, 6.45) is 29.6. The van der Waals surface area contributed by atoms with Crippen molar-refractivity contribution in [3.05, 3.63) is 131 Å².